The van der Waals surface area contributed by atoms with Gasteiger partial charge in [0, 0.05) is 12.0 Å². The number of rotatable bonds is 4. The van der Waals surface area contributed by atoms with Crippen LogP contribution in [-0.2, 0) is 13.0 Å². The second-order valence-electron chi connectivity index (χ2n) is 8.95. The Morgan fingerprint density at radius 3 is 2.50 bits per heavy atom. The molecule has 0 bridgehead atoms. The summed E-state index contributed by atoms with van der Waals surface area (Å²) in [5, 5.41) is 10.5. The summed E-state index contributed by atoms with van der Waals surface area (Å²) in [4.78, 5) is 0. The number of hydrogen-bond acceptors (Lipinski definition) is 4. The molecule has 28 heavy (non-hydrogen) atoms. The van der Waals surface area contributed by atoms with E-state index in [1.807, 2.05) is 36.4 Å². The van der Waals surface area contributed by atoms with Crippen LogP contribution in [0.15, 0.2) is 42.5 Å². The Labute approximate surface area is 167 Å². The zero-order chi connectivity index (χ0) is 19.9. The number of methoxy groups -OCH3 is 1. The maximum atomic E-state index is 10.5. The summed E-state index contributed by atoms with van der Waals surface area (Å²) in [6.07, 6.45) is 2.30. The molecule has 150 valence electrons. The Kier molecular flexibility index (Phi) is 4.78. The molecule has 4 rings (SSSR count). The molecule has 3 atom stereocenters. The summed E-state index contributed by atoms with van der Waals surface area (Å²) in [7, 11) is 1.66. The zero-order valence-electron chi connectivity index (χ0n) is 17.2. The Morgan fingerprint density at radius 2 is 1.79 bits per heavy atom. The molecule has 0 amide bonds. The van der Waals surface area contributed by atoms with Crippen LogP contribution in [0.3, 0.4) is 0 Å². The third-order valence-corrected chi connectivity index (χ3v) is 6.78. The van der Waals surface area contributed by atoms with Gasteiger partial charge in [-0.25, -0.2) is 0 Å². The average Bonchev–Trinajstić information content (AvgIpc) is 2.69. The number of benzene rings is 2. The molecule has 0 aromatic heterocycles. The van der Waals surface area contributed by atoms with Crippen molar-refractivity contribution in [3.63, 3.8) is 0 Å². The van der Waals surface area contributed by atoms with Gasteiger partial charge in [0.15, 0.2) is 0 Å². The van der Waals surface area contributed by atoms with Crippen molar-refractivity contribution in [3.05, 3.63) is 53.6 Å². The van der Waals surface area contributed by atoms with Crippen molar-refractivity contribution < 1.29 is 19.3 Å². The van der Waals surface area contributed by atoms with Gasteiger partial charge in [-0.15, -0.1) is 0 Å². The SMILES string of the molecule is COc1ccc(COc2ccc3c(c2)O[C@]2(C)CC[C@@H](O)C(C)(C)[C@H]2C3)cc1. The highest BCUT2D eigenvalue weighted by molar-refractivity contribution is 5.44. The molecule has 1 saturated carbocycles. The van der Waals surface area contributed by atoms with Gasteiger partial charge in [0.1, 0.15) is 29.5 Å². The second kappa shape index (κ2) is 7.00. The predicted molar refractivity (Wildman–Crippen MR) is 109 cm³/mol. The molecule has 1 N–H and O–H groups in total. The van der Waals surface area contributed by atoms with Crippen LogP contribution in [0.25, 0.3) is 0 Å². The largest absolute Gasteiger partial charge is 0.497 e. The molecule has 1 aliphatic heterocycles. The number of aliphatic hydroxyl groups excluding tert-OH is 1. The highest BCUT2D eigenvalue weighted by Crippen LogP contribution is 2.53. The highest BCUT2D eigenvalue weighted by Gasteiger charge is 2.54. The third-order valence-electron chi connectivity index (χ3n) is 6.78. The monoisotopic (exact) mass is 382 g/mol. The number of hydrogen-bond donors (Lipinski definition) is 1. The first kappa shape index (κ1) is 19.1. The van der Waals surface area contributed by atoms with Crippen LogP contribution in [0.4, 0.5) is 0 Å². The zero-order valence-corrected chi connectivity index (χ0v) is 17.2. The summed E-state index contributed by atoms with van der Waals surface area (Å²) in [6.45, 7) is 7.03. The lowest BCUT2D eigenvalue weighted by molar-refractivity contribution is -0.137. The first-order valence-corrected chi connectivity index (χ1v) is 10.1. The normalized spacial score (nSPS) is 27.9. The van der Waals surface area contributed by atoms with Crippen LogP contribution >= 0.6 is 0 Å². The molecule has 2 aliphatic rings. The Morgan fingerprint density at radius 1 is 1.07 bits per heavy atom. The predicted octanol–water partition coefficient (Wildman–Crippen LogP) is 4.76. The quantitative estimate of drug-likeness (QED) is 0.828. The minimum Gasteiger partial charge on any atom is -0.497 e. The van der Waals surface area contributed by atoms with Crippen LogP contribution in [0.5, 0.6) is 17.2 Å². The van der Waals surface area contributed by atoms with Crippen molar-refractivity contribution in [2.24, 2.45) is 11.3 Å². The smallest absolute Gasteiger partial charge is 0.127 e. The molecule has 1 aliphatic carbocycles. The molecule has 2 aromatic carbocycles. The topological polar surface area (TPSA) is 47.9 Å². The van der Waals surface area contributed by atoms with Crippen molar-refractivity contribution in [3.8, 4) is 17.2 Å². The minimum absolute atomic E-state index is 0.159. The molecule has 1 fully saturated rings. The molecule has 4 heteroatoms. The summed E-state index contributed by atoms with van der Waals surface area (Å²) in [5.41, 5.74) is 1.88. The second-order valence-corrected chi connectivity index (χ2v) is 8.95. The van der Waals surface area contributed by atoms with Crippen LogP contribution in [0, 0.1) is 11.3 Å². The van der Waals surface area contributed by atoms with E-state index in [4.69, 9.17) is 14.2 Å². The van der Waals surface area contributed by atoms with Crippen LogP contribution in [0.1, 0.15) is 44.7 Å². The van der Waals surface area contributed by atoms with Gasteiger partial charge in [-0.1, -0.05) is 32.0 Å². The van der Waals surface area contributed by atoms with E-state index in [0.717, 1.165) is 42.1 Å². The first-order chi connectivity index (χ1) is 13.3. The van der Waals surface area contributed by atoms with Gasteiger partial charge in [0.2, 0.25) is 0 Å². The van der Waals surface area contributed by atoms with Gasteiger partial charge in [-0.3, -0.25) is 0 Å². The molecular weight excluding hydrogens is 352 g/mol. The first-order valence-electron chi connectivity index (χ1n) is 10.1. The minimum atomic E-state index is -0.275. The fraction of sp³-hybridized carbons (Fsp3) is 0.500. The van der Waals surface area contributed by atoms with Gasteiger partial charge in [0.05, 0.1) is 13.2 Å². The third kappa shape index (κ3) is 3.35. The van der Waals surface area contributed by atoms with Crippen LogP contribution in [-0.4, -0.2) is 23.9 Å². The lowest BCUT2D eigenvalue weighted by Gasteiger charge is -2.55. The number of ether oxygens (including phenoxy) is 3. The molecule has 1 heterocycles. The standard InChI is InChI=1S/C24H30O4/c1-23(2)21-13-17-7-10-19(27-15-16-5-8-18(26-4)9-6-16)14-20(17)28-24(21,3)12-11-22(23)25/h5-10,14,21-22,25H,11-13,15H2,1-4H3/t21-,22-,24-/m1/s1. The summed E-state index contributed by atoms with van der Waals surface area (Å²) >= 11 is 0. The van der Waals surface area contributed by atoms with Crippen molar-refractivity contribution in [1.82, 2.24) is 0 Å². The van der Waals surface area contributed by atoms with E-state index in [1.54, 1.807) is 7.11 Å². The van der Waals surface area contributed by atoms with Crippen molar-refractivity contribution in [2.45, 2.75) is 58.3 Å². The fourth-order valence-electron chi connectivity index (χ4n) is 4.84. The van der Waals surface area contributed by atoms with Gasteiger partial charge in [-0.2, -0.15) is 0 Å². The van der Waals surface area contributed by atoms with Gasteiger partial charge >= 0.3 is 0 Å². The van der Waals surface area contributed by atoms with Gasteiger partial charge < -0.3 is 19.3 Å². The Hall–Kier alpha value is -2.20. The number of fused-ring (bicyclic) bond motifs is 2. The van der Waals surface area contributed by atoms with E-state index in [1.165, 1.54) is 5.56 Å². The highest BCUT2D eigenvalue weighted by atomic mass is 16.5. The van der Waals surface area contributed by atoms with Gasteiger partial charge in [-0.05, 0) is 60.9 Å². The maximum Gasteiger partial charge on any atom is 0.127 e. The Balaban J connectivity index is 1.51. The molecule has 0 spiro atoms. The van der Waals surface area contributed by atoms with Crippen molar-refractivity contribution >= 4 is 0 Å². The molecule has 0 radical (unpaired) electrons. The maximum absolute atomic E-state index is 10.5. The van der Waals surface area contributed by atoms with E-state index in [-0.39, 0.29) is 17.1 Å². The summed E-state index contributed by atoms with van der Waals surface area (Å²) in [6, 6.07) is 14.0. The van der Waals surface area contributed by atoms with E-state index in [9.17, 15) is 5.11 Å². The van der Waals surface area contributed by atoms with E-state index in [2.05, 4.69) is 26.8 Å². The molecule has 2 aromatic rings. The molecule has 4 nitrogen and oxygen atoms in total. The molecule has 0 saturated heterocycles. The Bertz CT molecular complexity index is 842. The fourth-order valence-corrected chi connectivity index (χ4v) is 4.84. The summed E-state index contributed by atoms with van der Waals surface area (Å²) in [5.74, 6) is 2.86. The lowest BCUT2D eigenvalue weighted by Crippen LogP contribution is -2.58. The summed E-state index contributed by atoms with van der Waals surface area (Å²) < 4.78 is 17.7. The van der Waals surface area contributed by atoms with Crippen molar-refractivity contribution in [1.29, 1.82) is 0 Å². The molecular formula is C24H30O4. The van der Waals surface area contributed by atoms with E-state index >= 15 is 0 Å². The van der Waals surface area contributed by atoms with E-state index < -0.39 is 0 Å². The van der Waals surface area contributed by atoms with Crippen LogP contribution < -0.4 is 14.2 Å². The van der Waals surface area contributed by atoms with Crippen molar-refractivity contribution in [2.75, 3.05) is 7.11 Å². The van der Waals surface area contributed by atoms with Gasteiger partial charge in [0.25, 0.3) is 0 Å². The van der Waals surface area contributed by atoms with Crippen LogP contribution in [0.2, 0.25) is 0 Å². The molecule has 0 unspecified atom stereocenters. The lowest BCUT2D eigenvalue weighted by atomic mass is 9.58. The average molecular weight is 383 g/mol. The number of aliphatic hydroxyl groups is 1. The van der Waals surface area contributed by atoms with E-state index in [0.29, 0.717) is 12.5 Å².